The molecule has 0 radical (unpaired) electrons. The molecule has 112 valence electrons. The van der Waals surface area contributed by atoms with Gasteiger partial charge in [-0.25, -0.2) is 4.39 Å². The van der Waals surface area contributed by atoms with Gasteiger partial charge in [-0.3, -0.25) is 15.6 Å². The minimum absolute atomic E-state index is 0.0875. The largest absolute Gasteiger partial charge is 0.384 e. The number of amides is 1. The number of nitrogens with two attached hydrogens (primary N) is 3. The molecule has 2 aromatic rings. The van der Waals surface area contributed by atoms with E-state index in [1.807, 2.05) is 0 Å². The fourth-order valence-corrected chi connectivity index (χ4v) is 2.18. The third kappa shape index (κ3) is 3.17. The number of benzene rings is 2. The van der Waals surface area contributed by atoms with E-state index in [2.05, 4.69) is 0 Å². The molecular formula is C16H16FN4O+. The monoisotopic (exact) mass is 299 g/mol. The van der Waals surface area contributed by atoms with E-state index in [9.17, 15) is 9.18 Å². The summed E-state index contributed by atoms with van der Waals surface area (Å²) in [7, 11) is 0. The molecule has 22 heavy (non-hydrogen) atoms. The Morgan fingerprint density at radius 2 is 1.73 bits per heavy atom. The average molecular weight is 299 g/mol. The molecule has 0 fully saturated rings. The van der Waals surface area contributed by atoms with Crippen molar-refractivity contribution >= 4 is 17.5 Å². The number of carbonyl (C=O) groups excluding carboxylic acids is 1. The molecule has 0 aromatic heterocycles. The molecule has 0 spiro atoms. The van der Waals surface area contributed by atoms with Crippen molar-refractivity contribution in [2.75, 3.05) is 0 Å². The number of halogens is 1. The van der Waals surface area contributed by atoms with Gasteiger partial charge in [-0.15, -0.1) is 0 Å². The summed E-state index contributed by atoms with van der Waals surface area (Å²) in [6.45, 7) is 0. The van der Waals surface area contributed by atoms with Gasteiger partial charge >= 0.3 is 0 Å². The molecule has 5 nitrogen and oxygen atoms in total. The topological polar surface area (TPSA) is 119 Å². The highest BCUT2D eigenvalue weighted by molar-refractivity contribution is 6.09. The van der Waals surface area contributed by atoms with Crippen molar-refractivity contribution < 1.29 is 14.6 Å². The maximum absolute atomic E-state index is 13.5. The fourth-order valence-electron chi connectivity index (χ4n) is 2.18. The lowest BCUT2D eigenvalue weighted by Crippen LogP contribution is -2.42. The second-order valence-corrected chi connectivity index (χ2v) is 4.84. The van der Waals surface area contributed by atoms with Crippen LogP contribution in [0.4, 0.5) is 4.39 Å². The van der Waals surface area contributed by atoms with Gasteiger partial charge in [0.05, 0.1) is 17.5 Å². The van der Waals surface area contributed by atoms with E-state index in [0.717, 1.165) is 0 Å². The van der Waals surface area contributed by atoms with Crippen LogP contribution in [0.3, 0.4) is 0 Å². The minimum Gasteiger partial charge on any atom is -0.384 e. The summed E-state index contributed by atoms with van der Waals surface area (Å²) in [6, 6.07) is 11.1. The van der Waals surface area contributed by atoms with Crippen LogP contribution in [0.1, 0.15) is 27.0 Å². The quantitative estimate of drug-likeness (QED) is 0.459. The smallest absolute Gasteiger partial charge is 0.251 e. The summed E-state index contributed by atoms with van der Waals surface area (Å²) in [5.74, 6) is -1.59. The van der Waals surface area contributed by atoms with E-state index in [1.54, 1.807) is 24.3 Å². The SMILES string of the molecule is N=C(N)c1ccccc1C(=[NH2+])Cc1ccc(F)c(C(N)=O)c1. The summed E-state index contributed by atoms with van der Waals surface area (Å²) < 4.78 is 13.5. The van der Waals surface area contributed by atoms with Crippen LogP contribution in [-0.2, 0) is 6.42 Å². The number of hydrogen-bond donors (Lipinski definition) is 4. The molecule has 0 atom stereocenters. The molecule has 6 heteroatoms. The molecule has 2 rings (SSSR count). The molecule has 1 amide bonds. The Kier molecular flexibility index (Phi) is 4.31. The van der Waals surface area contributed by atoms with Gasteiger partial charge in [0.15, 0.2) is 5.71 Å². The summed E-state index contributed by atoms with van der Waals surface area (Å²) in [6.07, 6.45) is 0.283. The zero-order valence-electron chi connectivity index (χ0n) is 11.8. The van der Waals surface area contributed by atoms with Gasteiger partial charge in [0.2, 0.25) is 0 Å². The van der Waals surface area contributed by atoms with Crippen LogP contribution in [-0.4, -0.2) is 17.5 Å². The molecule has 0 aliphatic carbocycles. The molecule has 2 aromatic carbocycles. The highest BCUT2D eigenvalue weighted by Gasteiger charge is 2.16. The Hall–Kier alpha value is -3.02. The highest BCUT2D eigenvalue weighted by atomic mass is 19.1. The van der Waals surface area contributed by atoms with Crippen LogP contribution >= 0.6 is 0 Å². The molecule has 0 saturated carbocycles. The Balaban J connectivity index is 2.32. The first-order chi connectivity index (χ1) is 10.4. The fraction of sp³-hybridized carbons (Fsp3) is 0.0625. The summed E-state index contributed by atoms with van der Waals surface area (Å²) >= 11 is 0. The molecule has 0 aliphatic rings. The number of rotatable bonds is 5. The molecule has 0 aliphatic heterocycles. The van der Waals surface area contributed by atoms with E-state index >= 15 is 0 Å². The molecule has 0 heterocycles. The minimum atomic E-state index is -0.831. The van der Waals surface area contributed by atoms with E-state index in [0.29, 0.717) is 22.4 Å². The third-order valence-electron chi connectivity index (χ3n) is 3.25. The lowest BCUT2D eigenvalue weighted by atomic mass is 9.96. The van der Waals surface area contributed by atoms with Crippen molar-refractivity contribution in [2.45, 2.75) is 6.42 Å². The van der Waals surface area contributed by atoms with Gasteiger partial charge in [0.25, 0.3) is 5.91 Å². The van der Waals surface area contributed by atoms with Crippen molar-refractivity contribution in [3.63, 3.8) is 0 Å². The number of amidine groups is 1. The molecule has 7 N–H and O–H groups in total. The third-order valence-corrected chi connectivity index (χ3v) is 3.25. The van der Waals surface area contributed by atoms with E-state index < -0.39 is 11.7 Å². The second kappa shape index (κ2) is 6.17. The standard InChI is InChI=1S/C16H15FN4O/c17-13-6-5-9(7-12(13)16(21)22)8-14(18)10-3-1-2-4-11(10)15(19)20/h1-7,18H,8H2,(H3,19,20)(H2,21,22)/p+1. The summed E-state index contributed by atoms with van der Waals surface area (Å²) in [4.78, 5) is 11.2. The van der Waals surface area contributed by atoms with Gasteiger partial charge in [-0.1, -0.05) is 24.3 Å². The Morgan fingerprint density at radius 1 is 1.09 bits per heavy atom. The maximum atomic E-state index is 13.5. The van der Waals surface area contributed by atoms with Crippen LogP contribution in [0, 0.1) is 11.2 Å². The van der Waals surface area contributed by atoms with Crippen molar-refractivity contribution in [2.24, 2.45) is 11.5 Å². The lowest BCUT2D eigenvalue weighted by molar-refractivity contribution is -0.114. The first-order valence-corrected chi connectivity index (χ1v) is 6.53. The van der Waals surface area contributed by atoms with Gasteiger partial charge in [-0.05, 0) is 23.8 Å². The maximum Gasteiger partial charge on any atom is 0.251 e. The van der Waals surface area contributed by atoms with Gasteiger partial charge in [0, 0.05) is 5.56 Å². The second-order valence-electron chi connectivity index (χ2n) is 4.84. The van der Waals surface area contributed by atoms with Crippen LogP contribution in [0.5, 0.6) is 0 Å². The van der Waals surface area contributed by atoms with Crippen LogP contribution < -0.4 is 16.9 Å². The van der Waals surface area contributed by atoms with Gasteiger partial charge < -0.3 is 11.5 Å². The van der Waals surface area contributed by atoms with Crippen molar-refractivity contribution in [1.82, 2.24) is 0 Å². The number of carbonyl (C=O) groups is 1. The molecule has 0 saturated heterocycles. The Labute approximate surface area is 126 Å². The Bertz CT molecular complexity index is 770. The predicted molar refractivity (Wildman–Crippen MR) is 82.1 cm³/mol. The summed E-state index contributed by atoms with van der Waals surface area (Å²) in [5, 5.41) is 13.7. The van der Waals surface area contributed by atoms with Crippen LogP contribution in [0.15, 0.2) is 42.5 Å². The number of nitrogen functional groups attached to an aromatic ring is 1. The van der Waals surface area contributed by atoms with Gasteiger partial charge in [0.1, 0.15) is 11.7 Å². The Morgan fingerprint density at radius 3 is 2.32 bits per heavy atom. The van der Waals surface area contributed by atoms with Crippen molar-refractivity contribution in [3.8, 4) is 0 Å². The zero-order valence-corrected chi connectivity index (χ0v) is 11.8. The highest BCUT2D eigenvalue weighted by Crippen LogP contribution is 2.14. The van der Waals surface area contributed by atoms with Crippen molar-refractivity contribution in [1.29, 1.82) is 5.41 Å². The van der Waals surface area contributed by atoms with Gasteiger partial charge in [-0.2, -0.15) is 0 Å². The number of nitrogens with one attached hydrogen (secondary N) is 1. The molecule has 0 unspecified atom stereocenters. The van der Waals surface area contributed by atoms with Crippen LogP contribution in [0.2, 0.25) is 0 Å². The summed E-state index contributed by atoms with van der Waals surface area (Å²) in [5.41, 5.74) is 12.8. The van der Waals surface area contributed by atoms with Crippen LogP contribution in [0.25, 0.3) is 0 Å². The lowest BCUT2D eigenvalue weighted by Gasteiger charge is -2.07. The number of hydrogen-bond acceptors (Lipinski definition) is 2. The first-order valence-electron chi connectivity index (χ1n) is 6.53. The van der Waals surface area contributed by atoms with E-state index in [-0.39, 0.29) is 17.8 Å². The van der Waals surface area contributed by atoms with E-state index in [1.165, 1.54) is 18.2 Å². The van der Waals surface area contributed by atoms with Crippen molar-refractivity contribution in [3.05, 3.63) is 70.5 Å². The van der Waals surface area contributed by atoms with E-state index in [4.69, 9.17) is 22.3 Å². The molecular weight excluding hydrogens is 283 g/mol. The zero-order chi connectivity index (χ0) is 16.3. The first kappa shape index (κ1) is 15.4. The molecule has 0 bridgehead atoms. The predicted octanol–water partition coefficient (Wildman–Crippen LogP) is -0.000430. The average Bonchev–Trinajstić information content (AvgIpc) is 2.48. The normalized spacial score (nSPS) is 10.2. The number of primary amides is 1.